The molecule has 1 aromatic carbocycles. The van der Waals surface area contributed by atoms with Crippen LogP contribution in [0.5, 0.6) is 0 Å². The highest BCUT2D eigenvalue weighted by molar-refractivity contribution is 5.45. The lowest BCUT2D eigenvalue weighted by atomic mass is 10.2. The molecule has 2 nitrogen and oxygen atoms in total. The van der Waals surface area contributed by atoms with Crippen LogP contribution >= 0.6 is 0 Å². The lowest BCUT2D eigenvalue weighted by molar-refractivity contribution is 0.0854. The number of halogens is 2. The number of anilines is 1. The Morgan fingerprint density at radius 3 is 2.50 bits per heavy atom. The molecule has 87 valence electrons. The van der Waals surface area contributed by atoms with Crippen LogP contribution in [0.2, 0.25) is 0 Å². The molecule has 16 heavy (non-hydrogen) atoms. The molecule has 0 spiro atoms. The summed E-state index contributed by atoms with van der Waals surface area (Å²) in [5.41, 5.74) is 1.05. The van der Waals surface area contributed by atoms with E-state index in [9.17, 15) is 8.78 Å². The normalized spacial score (nSPS) is 18.1. The second-order valence-corrected chi connectivity index (χ2v) is 3.93. The first-order valence-electron chi connectivity index (χ1n) is 5.48. The summed E-state index contributed by atoms with van der Waals surface area (Å²) in [7, 11) is 0. The summed E-state index contributed by atoms with van der Waals surface area (Å²) in [6, 6.07) is 10.9. The number of alkyl halides is 2. The Morgan fingerprint density at radius 1 is 1.19 bits per heavy atom. The Morgan fingerprint density at radius 2 is 1.94 bits per heavy atom. The van der Waals surface area contributed by atoms with Gasteiger partial charge in [0.15, 0.2) is 0 Å². The Hall–Kier alpha value is -1.16. The molecular formula is C12H15F2N2. The van der Waals surface area contributed by atoms with Crippen LogP contribution in [0.25, 0.3) is 0 Å². The molecule has 1 aliphatic rings. The minimum absolute atomic E-state index is 0.105. The number of hydrogen-bond acceptors (Lipinski definition) is 2. The van der Waals surface area contributed by atoms with Gasteiger partial charge in [0.2, 0.25) is 0 Å². The van der Waals surface area contributed by atoms with Gasteiger partial charge in [0.05, 0.1) is 6.54 Å². The fourth-order valence-electron chi connectivity index (χ4n) is 1.95. The summed E-state index contributed by atoms with van der Waals surface area (Å²) in [6.45, 7) is 2.90. The van der Waals surface area contributed by atoms with Gasteiger partial charge in [-0.1, -0.05) is 18.2 Å². The van der Waals surface area contributed by atoms with E-state index in [1.54, 1.807) is 0 Å². The van der Waals surface area contributed by atoms with Crippen LogP contribution in [0, 0.1) is 6.07 Å². The van der Waals surface area contributed by atoms with Crippen molar-refractivity contribution in [1.82, 2.24) is 4.90 Å². The van der Waals surface area contributed by atoms with Gasteiger partial charge in [-0.05, 0) is 6.07 Å². The molecule has 1 aliphatic heterocycles. The molecule has 0 amide bonds. The molecule has 0 atom stereocenters. The largest absolute Gasteiger partial charge is 0.368 e. The summed E-state index contributed by atoms with van der Waals surface area (Å²) in [4.78, 5) is 3.99. The van der Waals surface area contributed by atoms with Crippen molar-refractivity contribution < 1.29 is 8.78 Å². The second kappa shape index (κ2) is 5.25. The molecule has 0 saturated carbocycles. The maximum absolute atomic E-state index is 12.2. The van der Waals surface area contributed by atoms with Gasteiger partial charge in [0, 0.05) is 37.9 Å². The van der Waals surface area contributed by atoms with E-state index in [1.165, 1.54) is 0 Å². The van der Waals surface area contributed by atoms with E-state index < -0.39 is 6.43 Å². The molecule has 2 rings (SSSR count). The SMILES string of the molecule is FC(F)CN1CCN(c2[c]cccc2)CC1. The third kappa shape index (κ3) is 2.92. The van der Waals surface area contributed by atoms with E-state index in [-0.39, 0.29) is 6.54 Å². The van der Waals surface area contributed by atoms with Gasteiger partial charge in [-0.25, -0.2) is 8.78 Å². The zero-order valence-electron chi connectivity index (χ0n) is 9.07. The smallest absolute Gasteiger partial charge is 0.251 e. The van der Waals surface area contributed by atoms with Gasteiger partial charge in [0.25, 0.3) is 6.43 Å². The maximum atomic E-state index is 12.2. The first kappa shape index (κ1) is 11.3. The number of piperazine rings is 1. The monoisotopic (exact) mass is 225 g/mol. The maximum Gasteiger partial charge on any atom is 0.251 e. The van der Waals surface area contributed by atoms with Crippen LogP contribution in [0.15, 0.2) is 24.3 Å². The molecule has 1 radical (unpaired) electrons. The highest BCUT2D eigenvalue weighted by Gasteiger charge is 2.19. The first-order chi connectivity index (χ1) is 7.75. The number of rotatable bonds is 3. The molecule has 0 aromatic heterocycles. The van der Waals surface area contributed by atoms with E-state index >= 15 is 0 Å². The summed E-state index contributed by atoms with van der Waals surface area (Å²) >= 11 is 0. The van der Waals surface area contributed by atoms with Gasteiger partial charge in [-0.2, -0.15) is 0 Å². The number of nitrogens with zero attached hydrogens (tertiary/aromatic N) is 2. The first-order valence-corrected chi connectivity index (χ1v) is 5.48. The fraction of sp³-hybridized carbons (Fsp3) is 0.500. The van der Waals surface area contributed by atoms with E-state index in [4.69, 9.17) is 0 Å². The van der Waals surface area contributed by atoms with Crippen molar-refractivity contribution in [2.24, 2.45) is 0 Å². The van der Waals surface area contributed by atoms with Crippen LogP contribution in [-0.2, 0) is 0 Å². The Bertz CT molecular complexity index is 308. The third-order valence-electron chi connectivity index (χ3n) is 2.80. The van der Waals surface area contributed by atoms with Crippen LogP contribution in [-0.4, -0.2) is 44.0 Å². The van der Waals surface area contributed by atoms with Gasteiger partial charge < -0.3 is 4.90 Å². The average Bonchev–Trinajstić information content (AvgIpc) is 2.30. The van der Waals surface area contributed by atoms with Crippen molar-refractivity contribution in [3.8, 4) is 0 Å². The van der Waals surface area contributed by atoms with E-state index in [0.29, 0.717) is 13.1 Å². The molecule has 0 bridgehead atoms. The summed E-state index contributed by atoms with van der Waals surface area (Å²) < 4.78 is 24.4. The van der Waals surface area contributed by atoms with Crippen molar-refractivity contribution in [1.29, 1.82) is 0 Å². The van der Waals surface area contributed by atoms with Crippen molar-refractivity contribution in [3.05, 3.63) is 30.3 Å². The van der Waals surface area contributed by atoms with E-state index in [1.807, 2.05) is 29.2 Å². The zero-order valence-corrected chi connectivity index (χ0v) is 9.07. The zero-order chi connectivity index (χ0) is 11.4. The van der Waals surface area contributed by atoms with E-state index in [0.717, 1.165) is 18.8 Å². The van der Waals surface area contributed by atoms with Crippen LogP contribution < -0.4 is 4.90 Å². The molecule has 1 fully saturated rings. The van der Waals surface area contributed by atoms with Gasteiger partial charge in [-0.3, -0.25) is 4.90 Å². The Kier molecular flexibility index (Phi) is 3.72. The van der Waals surface area contributed by atoms with Gasteiger partial charge in [-0.15, -0.1) is 0 Å². The number of benzene rings is 1. The highest BCUT2D eigenvalue weighted by Crippen LogP contribution is 2.15. The van der Waals surface area contributed by atoms with Crippen LogP contribution in [0.3, 0.4) is 0 Å². The van der Waals surface area contributed by atoms with Crippen LogP contribution in [0.4, 0.5) is 14.5 Å². The second-order valence-electron chi connectivity index (χ2n) is 3.93. The summed E-state index contributed by atoms with van der Waals surface area (Å²) in [5.74, 6) is 0. The Labute approximate surface area is 94.5 Å². The van der Waals surface area contributed by atoms with Crippen molar-refractivity contribution in [2.75, 3.05) is 37.6 Å². The van der Waals surface area contributed by atoms with Gasteiger partial charge >= 0.3 is 0 Å². The third-order valence-corrected chi connectivity index (χ3v) is 2.80. The molecule has 4 heteroatoms. The van der Waals surface area contributed by atoms with Gasteiger partial charge in [0.1, 0.15) is 0 Å². The molecule has 1 heterocycles. The molecule has 1 saturated heterocycles. The molecular weight excluding hydrogens is 210 g/mol. The van der Waals surface area contributed by atoms with Crippen molar-refractivity contribution in [2.45, 2.75) is 6.43 Å². The summed E-state index contributed by atoms with van der Waals surface area (Å²) in [5, 5.41) is 0. The predicted molar refractivity (Wildman–Crippen MR) is 59.9 cm³/mol. The minimum Gasteiger partial charge on any atom is -0.368 e. The average molecular weight is 225 g/mol. The quantitative estimate of drug-likeness (QED) is 0.775. The topological polar surface area (TPSA) is 6.48 Å². The number of para-hydroxylation sites is 1. The standard InChI is InChI=1S/C12H15F2N2/c13-12(14)10-15-6-8-16(9-7-15)11-4-2-1-3-5-11/h1-4,12H,6-10H2. The lowest BCUT2D eigenvalue weighted by Gasteiger charge is -2.35. The highest BCUT2D eigenvalue weighted by atomic mass is 19.3. The molecule has 0 aliphatic carbocycles. The predicted octanol–water partition coefficient (Wildman–Crippen LogP) is 1.87. The van der Waals surface area contributed by atoms with Crippen LogP contribution in [0.1, 0.15) is 0 Å². The van der Waals surface area contributed by atoms with Crippen molar-refractivity contribution in [3.63, 3.8) is 0 Å². The van der Waals surface area contributed by atoms with E-state index in [2.05, 4.69) is 11.0 Å². The lowest BCUT2D eigenvalue weighted by Crippen LogP contribution is -2.47. The summed E-state index contributed by atoms with van der Waals surface area (Å²) in [6.07, 6.45) is -2.23. The molecule has 0 N–H and O–H groups in total. The Balaban J connectivity index is 1.86. The number of hydrogen-bond donors (Lipinski definition) is 0. The fourth-order valence-corrected chi connectivity index (χ4v) is 1.95. The molecule has 1 aromatic rings. The minimum atomic E-state index is -2.23. The van der Waals surface area contributed by atoms with Crippen molar-refractivity contribution >= 4 is 5.69 Å². The molecule has 0 unspecified atom stereocenters.